The Labute approximate surface area is 94.3 Å². The highest BCUT2D eigenvalue weighted by atomic mass is 16.5. The average Bonchev–Trinajstić information content (AvgIpc) is 2.23. The van der Waals surface area contributed by atoms with Crippen molar-refractivity contribution >= 4 is 16.6 Å². The van der Waals surface area contributed by atoms with Gasteiger partial charge in [-0.25, -0.2) is 4.73 Å². The third-order valence-electron chi connectivity index (χ3n) is 2.67. The average molecular weight is 217 g/mol. The summed E-state index contributed by atoms with van der Waals surface area (Å²) in [4.78, 5) is 4.37. The topological polar surface area (TPSA) is 65.8 Å². The summed E-state index contributed by atoms with van der Waals surface area (Å²) >= 11 is 0. The van der Waals surface area contributed by atoms with Gasteiger partial charge in [0.15, 0.2) is 5.52 Å². The zero-order valence-electron chi connectivity index (χ0n) is 9.69. The summed E-state index contributed by atoms with van der Waals surface area (Å²) < 4.78 is 0.895. The van der Waals surface area contributed by atoms with Gasteiger partial charge in [-0.3, -0.25) is 0 Å². The van der Waals surface area contributed by atoms with Crippen LogP contribution < -0.4 is 10.5 Å². The maximum atomic E-state index is 11.9. The molecule has 0 fully saturated rings. The maximum absolute atomic E-state index is 11.9. The molecule has 84 valence electrons. The van der Waals surface area contributed by atoms with Crippen molar-refractivity contribution < 1.29 is 4.73 Å². The molecule has 1 aromatic carbocycles. The molecule has 0 saturated heterocycles. The minimum absolute atomic E-state index is 0.109. The smallest absolute Gasteiger partial charge is 0.304 e. The van der Waals surface area contributed by atoms with Crippen molar-refractivity contribution in [1.29, 1.82) is 0 Å². The molecule has 0 aliphatic carbocycles. The second-order valence-corrected chi connectivity index (χ2v) is 4.28. The summed E-state index contributed by atoms with van der Waals surface area (Å²) in [5, 5.41) is 12.8. The first-order valence-electron chi connectivity index (χ1n) is 5.30. The summed E-state index contributed by atoms with van der Waals surface area (Å²) in [7, 11) is 0. The number of aromatic nitrogens is 2. The molecule has 0 spiro atoms. The first-order chi connectivity index (χ1) is 7.50. The third kappa shape index (κ3) is 1.56. The van der Waals surface area contributed by atoms with E-state index in [4.69, 9.17) is 5.73 Å². The Morgan fingerprint density at radius 2 is 2.06 bits per heavy atom. The van der Waals surface area contributed by atoms with Gasteiger partial charge in [0.2, 0.25) is 0 Å². The van der Waals surface area contributed by atoms with Crippen molar-refractivity contribution in [2.75, 3.05) is 5.73 Å². The van der Waals surface area contributed by atoms with E-state index in [-0.39, 0.29) is 5.92 Å². The highest BCUT2D eigenvalue weighted by Crippen LogP contribution is 2.19. The molecule has 16 heavy (non-hydrogen) atoms. The maximum Gasteiger partial charge on any atom is 0.304 e. The van der Waals surface area contributed by atoms with Gasteiger partial charge in [0.25, 0.3) is 0 Å². The van der Waals surface area contributed by atoms with E-state index < -0.39 is 0 Å². The Kier molecular flexibility index (Phi) is 2.42. The molecule has 2 aromatic rings. The van der Waals surface area contributed by atoms with Crippen LogP contribution in [0.4, 0.5) is 5.69 Å². The van der Waals surface area contributed by atoms with Gasteiger partial charge in [-0.2, -0.15) is 0 Å². The molecule has 0 radical (unpaired) electrons. The molecule has 2 rings (SSSR count). The minimum atomic E-state index is 0.109. The van der Waals surface area contributed by atoms with Crippen LogP contribution in [-0.4, -0.2) is 4.98 Å². The number of nitrogen functional groups attached to an aromatic ring is 1. The molecular formula is C12H15N3O. The molecule has 0 bridgehead atoms. The monoisotopic (exact) mass is 217 g/mol. The van der Waals surface area contributed by atoms with Crippen molar-refractivity contribution in [3.8, 4) is 0 Å². The van der Waals surface area contributed by atoms with Crippen LogP contribution in [0.1, 0.15) is 31.3 Å². The quantitative estimate of drug-likeness (QED) is 0.450. The number of hydrogen-bond donors (Lipinski definition) is 1. The molecule has 0 amide bonds. The summed E-state index contributed by atoms with van der Waals surface area (Å²) in [5.74, 6) is 0.660. The van der Waals surface area contributed by atoms with Crippen LogP contribution in [-0.2, 0) is 0 Å². The molecule has 0 unspecified atom stereocenters. The Morgan fingerprint density at radius 1 is 1.38 bits per heavy atom. The van der Waals surface area contributed by atoms with Crippen LogP contribution in [0.25, 0.3) is 10.9 Å². The lowest BCUT2D eigenvalue weighted by molar-refractivity contribution is -0.623. The number of aryl methyl sites for hydroxylation is 1. The predicted molar refractivity (Wildman–Crippen MR) is 63.9 cm³/mol. The molecule has 2 N–H and O–H groups in total. The standard InChI is InChI=1S/C12H15N3O/c1-7(2)12-14-11-5-4-9(13)6-10(11)8(3)15(12)16/h4-7H,13H2,1-3H3. The molecule has 0 saturated carbocycles. The van der Waals surface area contributed by atoms with Crippen molar-refractivity contribution in [3.63, 3.8) is 0 Å². The van der Waals surface area contributed by atoms with Crippen LogP contribution in [0.3, 0.4) is 0 Å². The van der Waals surface area contributed by atoms with Gasteiger partial charge in [0, 0.05) is 5.69 Å². The van der Waals surface area contributed by atoms with E-state index in [0.29, 0.717) is 17.2 Å². The second kappa shape index (κ2) is 3.63. The lowest BCUT2D eigenvalue weighted by atomic mass is 10.1. The minimum Gasteiger partial charge on any atom is -0.711 e. The van der Waals surface area contributed by atoms with E-state index in [2.05, 4.69) is 4.98 Å². The molecule has 0 aliphatic heterocycles. The molecule has 1 aromatic heterocycles. The van der Waals surface area contributed by atoms with Crippen molar-refractivity contribution in [2.45, 2.75) is 26.7 Å². The van der Waals surface area contributed by atoms with Gasteiger partial charge in [-0.15, -0.1) is 0 Å². The number of hydrogen-bond acceptors (Lipinski definition) is 3. The van der Waals surface area contributed by atoms with E-state index in [1.807, 2.05) is 19.9 Å². The largest absolute Gasteiger partial charge is 0.711 e. The van der Waals surface area contributed by atoms with E-state index in [1.54, 1.807) is 19.1 Å². The number of nitrogens with two attached hydrogens (primary N) is 1. The summed E-state index contributed by atoms with van der Waals surface area (Å²) in [6.07, 6.45) is 0. The Bertz CT molecular complexity index is 549. The third-order valence-corrected chi connectivity index (χ3v) is 2.67. The fraction of sp³-hybridized carbons (Fsp3) is 0.333. The highest BCUT2D eigenvalue weighted by Gasteiger charge is 2.18. The lowest BCUT2D eigenvalue weighted by Gasteiger charge is -2.13. The zero-order valence-corrected chi connectivity index (χ0v) is 9.69. The normalized spacial score (nSPS) is 11.2. The number of fused-ring (bicyclic) bond motifs is 1. The summed E-state index contributed by atoms with van der Waals surface area (Å²) in [5.41, 5.74) is 7.82. The molecule has 4 nitrogen and oxygen atoms in total. The van der Waals surface area contributed by atoms with E-state index in [1.165, 1.54) is 0 Å². The Hall–Kier alpha value is -1.84. The number of anilines is 1. The van der Waals surface area contributed by atoms with Crippen molar-refractivity contribution in [3.05, 3.63) is 34.9 Å². The summed E-state index contributed by atoms with van der Waals surface area (Å²) in [6, 6.07) is 5.44. The van der Waals surface area contributed by atoms with Crippen LogP contribution in [0.2, 0.25) is 0 Å². The van der Waals surface area contributed by atoms with E-state index in [0.717, 1.165) is 15.6 Å². The fourth-order valence-electron chi connectivity index (χ4n) is 1.75. The first kappa shape index (κ1) is 10.7. The van der Waals surface area contributed by atoms with Gasteiger partial charge < -0.3 is 10.9 Å². The van der Waals surface area contributed by atoms with E-state index in [9.17, 15) is 5.21 Å². The number of benzene rings is 1. The fourth-order valence-corrected chi connectivity index (χ4v) is 1.75. The van der Waals surface area contributed by atoms with Crippen molar-refractivity contribution in [2.24, 2.45) is 0 Å². The lowest BCUT2D eigenvalue weighted by Crippen LogP contribution is -2.37. The number of rotatable bonds is 1. The first-order valence-corrected chi connectivity index (χ1v) is 5.30. The van der Waals surface area contributed by atoms with Crippen LogP contribution in [0, 0.1) is 12.1 Å². The van der Waals surface area contributed by atoms with Gasteiger partial charge in [-0.1, -0.05) is 13.8 Å². The van der Waals surface area contributed by atoms with Crippen LogP contribution in [0.5, 0.6) is 0 Å². The van der Waals surface area contributed by atoms with Gasteiger partial charge in [-0.05, 0) is 30.1 Å². The summed E-state index contributed by atoms with van der Waals surface area (Å²) in [6.45, 7) is 5.71. The van der Waals surface area contributed by atoms with E-state index >= 15 is 0 Å². The highest BCUT2D eigenvalue weighted by molar-refractivity contribution is 5.83. The van der Waals surface area contributed by atoms with Gasteiger partial charge in [0.1, 0.15) is 5.69 Å². The number of nitrogens with zero attached hydrogens (tertiary/aromatic N) is 2. The van der Waals surface area contributed by atoms with Gasteiger partial charge in [0.05, 0.1) is 11.3 Å². The molecule has 4 heteroatoms. The van der Waals surface area contributed by atoms with Crippen molar-refractivity contribution in [1.82, 2.24) is 4.98 Å². The molecule has 1 heterocycles. The predicted octanol–water partition coefficient (Wildman–Crippen LogP) is 1.88. The second-order valence-electron chi connectivity index (χ2n) is 4.28. The molecule has 0 atom stereocenters. The SMILES string of the molecule is Cc1c2cc(N)ccc2nc(C(C)C)[n+]1[O-]. The zero-order chi connectivity index (χ0) is 11.9. The van der Waals surface area contributed by atoms with Crippen LogP contribution in [0.15, 0.2) is 18.2 Å². The molecule has 0 aliphatic rings. The van der Waals surface area contributed by atoms with Gasteiger partial charge >= 0.3 is 5.82 Å². The Balaban J connectivity index is 2.83. The molecular weight excluding hydrogens is 202 g/mol. The van der Waals surface area contributed by atoms with Crippen LogP contribution >= 0.6 is 0 Å². The Morgan fingerprint density at radius 3 is 2.69 bits per heavy atom.